The fourth-order valence-corrected chi connectivity index (χ4v) is 2.95. The second-order valence-electron chi connectivity index (χ2n) is 6.20. The number of anilines is 2. The van der Waals surface area contributed by atoms with Gasteiger partial charge in [-0.2, -0.15) is 0 Å². The third-order valence-electron chi connectivity index (χ3n) is 4.21. The smallest absolute Gasteiger partial charge is 0.248 e. The number of nitrogens with one attached hydrogen (secondary N) is 1. The first kappa shape index (κ1) is 17.9. The summed E-state index contributed by atoms with van der Waals surface area (Å²) >= 11 is 0. The van der Waals surface area contributed by atoms with Gasteiger partial charge in [-0.15, -0.1) is 0 Å². The molecule has 0 atom stereocenters. The average Bonchev–Trinajstić information content (AvgIpc) is 3.07. The molecule has 0 radical (unpaired) electrons. The molecule has 1 aliphatic heterocycles. The highest BCUT2D eigenvalue weighted by Crippen LogP contribution is 2.22. The van der Waals surface area contributed by atoms with Crippen LogP contribution in [0.1, 0.15) is 24.0 Å². The summed E-state index contributed by atoms with van der Waals surface area (Å²) in [7, 11) is 1.64. The molecule has 0 saturated carbocycles. The van der Waals surface area contributed by atoms with Crippen LogP contribution in [0.15, 0.2) is 54.6 Å². The van der Waals surface area contributed by atoms with Gasteiger partial charge in [0.25, 0.3) is 0 Å². The zero-order chi connectivity index (χ0) is 18.4. The van der Waals surface area contributed by atoms with Gasteiger partial charge in [-0.25, -0.2) is 0 Å². The highest BCUT2D eigenvalue weighted by Gasteiger charge is 2.21. The molecule has 5 heteroatoms. The molecule has 134 valence electrons. The predicted octanol–water partition coefficient (Wildman–Crippen LogP) is 3.61. The lowest BCUT2D eigenvalue weighted by Crippen LogP contribution is -2.23. The number of benzene rings is 2. The van der Waals surface area contributed by atoms with E-state index in [0.717, 1.165) is 35.5 Å². The normalized spacial score (nSPS) is 14.2. The maximum Gasteiger partial charge on any atom is 0.248 e. The number of nitrogens with zero attached hydrogens (tertiary/aromatic N) is 1. The van der Waals surface area contributed by atoms with Gasteiger partial charge in [-0.1, -0.05) is 24.3 Å². The van der Waals surface area contributed by atoms with Crippen molar-refractivity contribution in [2.24, 2.45) is 0 Å². The van der Waals surface area contributed by atoms with Crippen LogP contribution in [-0.4, -0.2) is 25.5 Å². The van der Waals surface area contributed by atoms with Gasteiger partial charge in [0.05, 0.1) is 6.61 Å². The van der Waals surface area contributed by atoms with E-state index in [1.54, 1.807) is 18.1 Å². The summed E-state index contributed by atoms with van der Waals surface area (Å²) < 4.78 is 5.10. The van der Waals surface area contributed by atoms with Crippen LogP contribution < -0.4 is 10.2 Å². The molecular formula is C21H22N2O3. The monoisotopic (exact) mass is 350 g/mol. The number of carbonyl (C=O) groups excluding carboxylic acids is 2. The molecule has 26 heavy (non-hydrogen) atoms. The van der Waals surface area contributed by atoms with Crippen molar-refractivity contribution in [3.05, 3.63) is 65.7 Å². The first-order chi connectivity index (χ1) is 12.7. The molecule has 2 amide bonds. The molecule has 5 nitrogen and oxygen atoms in total. The van der Waals surface area contributed by atoms with E-state index >= 15 is 0 Å². The Balaban J connectivity index is 1.59. The maximum atomic E-state index is 12.1. The lowest BCUT2D eigenvalue weighted by molar-refractivity contribution is -0.117. The molecule has 0 spiro atoms. The van der Waals surface area contributed by atoms with Crippen LogP contribution in [0.5, 0.6) is 0 Å². The molecule has 2 aromatic carbocycles. The summed E-state index contributed by atoms with van der Waals surface area (Å²) in [4.78, 5) is 25.7. The van der Waals surface area contributed by atoms with Crippen molar-refractivity contribution in [3.8, 4) is 0 Å². The SMILES string of the molecule is COCc1cccc(NC(=O)/C=C/c2ccc(N3CCCC3=O)cc2)c1. The van der Waals surface area contributed by atoms with Crippen molar-refractivity contribution < 1.29 is 14.3 Å². The Kier molecular flexibility index (Phi) is 5.81. The van der Waals surface area contributed by atoms with Crippen LogP contribution in [0.2, 0.25) is 0 Å². The molecule has 3 rings (SSSR count). The van der Waals surface area contributed by atoms with E-state index in [-0.39, 0.29) is 11.8 Å². The summed E-state index contributed by atoms with van der Waals surface area (Å²) in [5, 5.41) is 2.84. The first-order valence-corrected chi connectivity index (χ1v) is 8.63. The van der Waals surface area contributed by atoms with Gasteiger partial charge in [0.2, 0.25) is 11.8 Å². The summed E-state index contributed by atoms with van der Waals surface area (Å²) in [6, 6.07) is 15.2. The topological polar surface area (TPSA) is 58.6 Å². The summed E-state index contributed by atoms with van der Waals surface area (Å²) in [5.41, 5.74) is 3.55. The molecule has 0 aromatic heterocycles. The average molecular weight is 350 g/mol. The van der Waals surface area contributed by atoms with E-state index < -0.39 is 0 Å². The standard InChI is InChI=1S/C21H22N2O3/c1-26-15-17-4-2-5-18(14-17)22-20(24)12-9-16-7-10-19(11-8-16)23-13-3-6-21(23)25/h2,4-5,7-12,14H,3,6,13,15H2,1H3,(H,22,24)/b12-9+. The number of carbonyl (C=O) groups is 2. The second kappa shape index (κ2) is 8.45. The van der Waals surface area contributed by atoms with Gasteiger partial charge in [0, 0.05) is 37.5 Å². The van der Waals surface area contributed by atoms with Crippen molar-refractivity contribution in [2.45, 2.75) is 19.4 Å². The highest BCUT2D eigenvalue weighted by atomic mass is 16.5. The van der Waals surface area contributed by atoms with Crippen LogP contribution in [0.25, 0.3) is 6.08 Å². The Bertz CT molecular complexity index is 812. The fourth-order valence-electron chi connectivity index (χ4n) is 2.95. The zero-order valence-corrected chi connectivity index (χ0v) is 14.8. The number of hydrogen-bond donors (Lipinski definition) is 1. The quantitative estimate of drug-likeness (QED) is 0.810. The summed E-state index contributed by atoms with van der Waals surface area (Å²) in [6.45, 7) is 1.28. The van der Waals surface area contributed by atoms with Crippen LogP contribution in [0, 0.1) is 0 Å². The fraction of sp³-hybridized carbons (Fsp3) is 0.238. The minimum Gasteiger partial charge on any atom is -0.380 e. The minimum absolute atomic E-state index is 0.170. The van der Waals surface area contributed by atoms with E-state index in [1.807, 2.05) is 48.5 Å². The lowest BCUT2D eigenvalue weighted by atomic mass is 10.1. The van der Waals surface area contributed by atoms with E-state index in [1.165, 1.54) is 6.08 Å². The van der Waals surface area contributed by atoms with Crippen molar-refractivity contribution in [1.82, 2.24) is 0 Å². The van der Waals surface area contributed by atoms with Gasteiger partial charge in [0.1, 0.15) is 0 Å². The Labute approximate surface area is 153 Å². The van der Waals surface area contributed by atoms with E-state index in [9.17, 15) is 9.59 Å². The molecule has 1 fully saturated rings. The minimum atomic E-state index is -0.196. The summed E-state index contributed by atoms with van der Waals surface area (Å²) in [5.74, 6) is -0.0262. The predicted molar refractivity (Wildman–Crippen MR) is 103 cm³/mol. The van der Waals surface area contributed by atoms with E-state index in [0.29, 0.717) is 13.0 Å². The van der Waals surface area contributed by atoms with Crippen molar-refractivity contribution in [3.63, 3.8) is 0 Å². The van der Waals surface area contributed by atoms with Gasteiger partial charge in [-0.05, 0) is 47.9 Å². The summed E-state index contributed by atoms with van der Waals surface area (Å²) in [6.07, 6.45) is 4.78. The number of ether oxygens (including phenoxy) is 1. The highest BCUT2D eigenvalue weighted by molar-refractivity contribution is 6.02. The van der Waals surface area contributed by atoms with Gasteiger partial charge in [-0.3, -0.25) is 9.59 Å². The number of amides is 2. The molecule has 1 saturated heterocycles. The Morgan fingerprint density at radius 1 is 1.23 bits per heavy atom. The Morgan fingerprint density at radius 3 is 2.73 bits per heavy atom. The molecule has 0 aliphatic carbocycles. The Hall–Kier alpha value is -2.92. The van der Waals surface area contributed by atoms with Crippen LogP contribution in [0.4, 0.5) is 11.4 Å². The van der Waals surface area contributed by atoms with Crippen LogP contribution in [-0.2, 0) is 20.9 Å². The van der Waals surface area contributed by atoms with Gasteiger partial charge < -0.3 is 15.0 Å². The Morgan fingerprint density at radius 2 is 2.04 bits per heavy atom. The molecule has 1 N–H and O–H groups in total. The molecule has 0 unspecified atom stereocenters. The van der Waals surface area contributed by atoms with Crippen molar-refractivity contribution in [1.29, 1.82) is 0 Å². The molecule has 0 bridgehead atoms. The molecular weight excluding hydrogens is 328 g/mol. The van der Waals surface area contributed by atoms with Crippen LogP contribution in [0.3, 0.4) is 0 Å². The number of methoxy groups -OCH3 is 1. The maximum absolute atomic E-state index is 12.1. The molecule has 2 aromatic rings. The van der Waals surface area contributed by atoms with E-state index in [2.05, 4.69) is 5.32 Å². The second-order valence-corrected chi connectivity index (χ2v) is 6.20. The van der Waals surface area contributed by atoms with Gasteiger partial charge >= 0.3 is 0 Å². The first-order valence-electron chi connectivity index (χ1n) is 8.63. The largest absolute Gasteiger partial charge is 0.380 e. The number of hydrogen-bond acceptors (Lipinski definition) is 3. The molecule has 1 aliphatic rings. The third-order valence-corrected chi connectivity index (χ3v) is 4.21. The van der Waals surface area contributed by atoms with E-state index in [4.69, 9.17) is 4.74 Å². The number of rotatable bonds is 6. The molecule has 1 heterocycles. The van der Waals surface area contributed by atoms with Gasteiger partial charge in [0.15, 0.2) is 0 Å². The van der Waals surface area contributed by atoms with Crippen molar-refractivity contribution >= 4 is 29.3 Å². The lowest BCUT2D eigenvalue weighted by Gasteiger charge is -2.15. The van der Waals surface area contributed by atoms with Crippen molar-refractivity contribution in [2.75, 3.05) is 23.9 Å². The third kappa shape index (κ3) is 4.58. The van der Waals surface area contributed by atoms with Crippen LogP contribution >= 0.6 is 0 Å². The zero-order valence-electron chi connectivity index (χ0n) is 14.8.